The lowest BCUT2D eigenvalue weighted by Crippen LogP contribution is -2.40. The van der Waals surface area contributed by atoms with Gasteiger partial charge in [-0.3, -0.25) is 9.36 Å². The monoisotopic (exact) mass is 468 g/mol. The van der Waals surface area contributed by atoms with Gasteiger partial charge in [-0.1, -0.05) is 56.3 Å². The molecule has 1 N–H and O–H groups in total. The molecule has 1 unspecified atom stereocenters. The average molecular weight is 469 g/mol. The number of nitrogens with zero attached hydrogens (tertiary/aromatic N) is 3. The highest BCUT2D eigenvalue weighted by Gasteiger charge is 2.28. The topological polar surface area (TPSA) is 67.2 Å². The molecular formula is C29H32N4O2. The van der Waals surface area contributed by atoms with Crippen molar-refractivity contribution in [2.45, 2.75) is 46.6 Å². The van der Waals surface area contributed by atoms with Crippen molar-refractivity contribution in [2.24, 2.45) is 0 Å². The SMILES string of the molecule is CCc1ccc(-n2c(C(CC)N(CC)C(=O)Nc3ccccc3C)nc3ccccc3c2=O)cc1. The number of aromatic nitrogens is 2. The minimum atomic E-state index is -0.396. The molecule has 0 radical (unpaired) electrons. The Bertz CT molecular complexity index is 1390. The van der Waals surface area contributed by atoms with Crippen molar-refractivity contribution in [3.63, 3.8) is 0 Å². The molecule has 0 fully saturated rings. The van der Waals surface area contributed by atoms with Gasteiger partial charge >= 0.3 is 6.03 Å². The Hall–Kier alpha value is -3.93. The van der Waals surface area contributed by atoms with E-state index in [1.54, 1.807) is 15.5 Å². The number of rotatable bonds is 7. The normalized spacial score (nSPS) is 11.9. The van der Waals surface area contributed by atoms with Gasteiger partial charge in [0.1, 0.15) is 5.82 Å². The molecule has 0 aliphatic rings. The lowest BCUT2D eigenvalue weighted by atomic mass is 10.1. The molecule has 0 bridgehead atoms. The van der Waals surface area contributed by atoms with E-state index in [-0.39, 0.29) is 11.6 Å². The van der Waals surface area contributed by atoms with Crippen LogP contribution in [0.15, 0.2) is 77.6 Å². The summed E-state index contributed by atoms with van der Waals surface area (Å²) in [6.45, 7) is 8.49. The number of benzene rings is 3. The third-order valence-electron chi connectivity index (χ3n) is 6.45. The third kappa shape index (κ3) is 4.83. The summed E-state index contributed by atoms with van der Waals surface area (Å²) in [4.78, 5) is 33.9. The molecule has 0 saturated carbocycles. The fraction of sp³-hybridized carbons (Fsp3) is 0.276. The van der Waals surface area contributed by atoms with Gasteiger partial charge in [0.15, 0.2) is 0 Å². The summed E-state index contributed by atoms with van der Waals surface area (Å²) in [5.74, 6) is 0.558. The highest BCUT2D eigenvalue weighted by Crippen LogP contribution is 2.27. The van der Waals surface area contributed by atoms with Crippen molar-refractivity contribution in [1.82, 2.24) is 14.5 Å². The lowest BCUT2D eigenvalue weighted by molar-refractivity contribution is 0.185. The summed E-state index contributed by atoms with van der Waals surface area (Å²) in [6, 6.07) is 22.4. The maximum absolute atomic E-state index is 13.7. The number of anilines is 1. The first-order valence-corrected chi connectivity index (χ1v) is 12.2. The van der Waals surface area contributed by atoms with Crippen LogP contribution in [0.3, 0.4) is 0 Å². The molecule has 4 rings (SSSR count). The van der Waals surface area contributed by atoms with E-state index in [4.69, 9.17) is 4.98 Å². The summed E-state index contributed by atoms with van der Waals surface area (Å²) >= 11 is 0. The van der Waals surface area contributed by atoms with E-state index in [2.05, 4.69) is 12.2 Å². The van der Waals surface area contributed by atoms with Crippen molar-refractivity contribution in [3.05, 3.63) is 100 Å². The van der Waals surface area contributed by atoms with E-state index in [0.29, 0.717) is 29.7 Å². The smallest absolute Gasteiger partial charge is 0.315 e. The van der Waals surface area contributed by atoms with Gasteiger partial charge in [-0.05, 0) is 68.1 Å². The maximum Gasteiger partial charge on any atom is 0.322 e. The molecule has 0 spiro atoms. The number of nitrogens with one attached hydrogen (secondary N) is 1. The first kappa shape index (κ1) is 24.2. The summed E-state index contributed by atoms with van der Waals surface area (Å²) in [5.41, 5.74) is 4.18. The molecule has 6 nitrogen and oxygen atoms in total. The second-order valence-corrected chi connectivity index (χ2v) is 8.60. The van der Waals surface area contributed by atoms with Gasteiger partial charge in [0.25, 0.3) is 5.56 Å². The fourth-order valence-electron chi connectivity index (χ4n) is 4.45. The Kier molecular flexibility index (Phi) is 7.30. The first-order valence-electron chi connectivity index (χ1n) is 12.2. The Balaban J connectivity index is 1.85. The van der Waals surface area contributed by atoms with Crippen LogP contribution in [0, 0.1) is 6.92 Å². The van der Waals surface area contributed by atoms with Crippen LogP contribution in [-0.4, -0.2) is 27.0 Å². The van der Waals surface area contributed by atoms with Crippen LogP contribution >= 0.6 is 0 Å². The Morgan fingerprint density at radius 1 is 0.971 bits per heavy atom. The minimum Gasteiger partial charge on any atom is -0.315 e. The van der Waals surface area contributed by atoms with Crippen LogP contribution in [0.1, 0.15) is 50.2 Å². The van der Waals surface area contributed by atoms with Crippen molar-refractivity contribution >= 4 is 22.6 Å². The van der Waals surface area contributed by atoms with Crippen LogP contribution in [0.4, 0.5) is 10.5 Å². The van der Waals surface area contributed by atoms with Crippen LogP contribution in [0.25, 0.3) is 16.6 Å². The van der Waals surface area contributed by atoms with Crippen LogP contribution in [-0.2, 0) is 6.42 Å². The quantitative estimate of drug-likeness (QED) is 0.348. The number of urea groups is 1. The Labute approximate surface area is 206 Å². The Morgan fingerprint density at radius 2 is 1.66 bits per heavy atom. The molecule has 1 atom stereocenters. The number of amides is 2. The maximum atomic E-state index is 13.7. The van der Waals surface area contributed by atoms with Gasteiger partial charge in [-0.2, -0.15) is 0 Å². The molecule has 1 aromatic heterocycles. The average Bonchev–Trinajstić information content (AvgIpc) is 2.88. The van der Waals surface area contributed by atoms with Gasteiger partial charge in [0.05, 0.1) is 22.6 Å². The fourth-order valence-corrected chi connectivity index (χ4v) is 4.45. The molecular weight excluding hydrogens is 436 g/mol. The van der Waals surface area contributed by atoms with Gasteiger partial charge in [0.2, 0.25) is 0 Å². The highest BCUT2D eigenvalue weighted by molar-refractivity contribution is 5.90. The van der Waals surface area contributed by atoms with Crippen molar-refractivity contribution in [3.8, 4) is 5.69 Å². The molecule has 2 amide bonds. The summed E-state index contributed by atoms with van der Waals surface area (Å²) in [6.07, 6.45) is 1.52. The van der Waals surface area contributed by atoms with Crippen molar-refractivity contribution in [2.75, 3.05) is 11.9 Å². The zero-order valence-corrected chi connectivity index (χ0v) is 20.8. The summed E-state index contributed by atoms with van der Waals surface area (Å²) in [7, 11) is 0. The van der Waals surface area contributed by atoms with Crippen LogP contribution in [0.2, 0.25) is 0 Å². The van der Waals surface area contributed by atoms with Crippen molar-refractivity contribution < 1.29 is 4.79 Å². The predicted octanol–water partition coefficient (Wildman–Crippen LogP) is 6.26. The minimum absolute atomic E-state index is 0.135. The molecule has 0 aliphatic heterocycles. The summed E-state index contributed by atoms with van der Waals surface area (Å²) in [5, 5.41) is 3.60. The zero-order chi connectivity index (χ0) is 24.9. The second-order valence-electron chi connectivity index (χ2n) is 8.60. The number of hydrogen-bond acceptors (Lipinski definition) is 3. The number of para-hydroxylation sites is 2. The molecule has 0 saturated heterocycles. The highest BCUT2D eigenvalue weighted by atomic mass is 16.2. The van der Waals surface area contributed by atoms with Crippen molar-refractivity contribution in [1.29, 1.82) is 0 Å². The zero-order valence-electron chi connectivity index (χ0n) is 20.8. The van der Waals surface area contributed by atoms with Gasteiger partial charge < -0.3 is 10.2 Å². The molecule has 6 heteroatoms. The summed E-state index contributed by atoms with van der Waals surface area (Å²) < 4.78 is 1.67. The standard InChI is InChI=1S/C29H32N4O2/c1-5-21-16-18-22(19-17-21)33-27(30-25-15-11-9-13-23(25)28(33)34)26(6-2)32(7-3)29(35)31-24-14-10-8-12-20(24)4/h8-19,26H,5-7H2,1-4H3,(H,31,35). The number of fused-ring (bicyclic) bond motifs is 1. The predicted molar refractivity (Wildman–Crippen MR) is 142 cm³/mol. The number of hydrogen-bond donors (Lipinski definition) is 1. The van der Waals surface area contributed by atoms with Crippen LogP contribution in [0.5, 0.6) is 0 Å². The first-order chi connectivity index (χ1) is 17.0. The van der Waals surface area contributed by atoms with Gasteiger partial charge in [0, 0.05) is 12.2 Å². The number of carbonyl (C=O) groups excluding carboxylic acids is 1. The van der Waals surface area contributed by atoms with E-state index < -0.39 is 6.04 Å². The molecule has 35 heavy (non-hydrogen) atoms. The largest absolute Gasteiger partial charge is 0.322 e. The van der Waals surface area contributed by atoms with E-state index in [1.165, 1.54) is 5.56 Å². The van der Waals surface area contributed by atoms with Gasteiger partial charge in [-0.25, -0.2) is 9.78 Å². The lowest BCUT2D eigenvalue weighted by Gasteiger charge is -2.31. The molecule has 1 heterocycles. The van der Waals surface area contributed by atoms with E-state index in [9.17, 15) is 9.59 Å². The molecule has 3 aromatic carbocycles. The molecule has 0 aliphatic carbocycles. The van der Waals surface area contributed by atoms with E-state index in [0.717, 1.165) is 23.4 Å². The third-order valence-corrected chi connectivity index (χ3v) is 6.45. The second kappa shape index (κ2) is 10.6. The van der Waals surface area contributed by atoms with E-state index in [1.807, 2.05) is 87.5 Å². The van der Waals surface area contributed by atoms with Gasteiger partial charge in [-0.15, -0.1) is 0 Å². The number of carbonyl (C=O) groups is 1. The number of aryl methyl sites for hydroxylation is 2. The Morgan fingerprint density at radius 3 is 2.31 bits per heavy atom. The molecule has 180 valence electrons. The van der Waals surface area contributed by atoms with E-state index >= 15 is 0 Å². The van der Waals surface area contributed by atoms with Crippen LogP contribution < -0.4 is 10.9 Å². The molecule has 4 aromatic rings.